The molecule has 7 amide bonds. The molecule has 3 aromatic rings. The standard InChI is InChI=1S/C46H60ClN7O11S/c1-27-10-13-31(28(2)20-27)40(57)51-25-38(56)54(9)39-30-12-15-36(63-19-17-49-44(61)65-46(6,7)8)33(23-30)32-21-29(11-14-35(32)62-18-16-48-43(60)64-45(3,4)5)22-34(41(58)53-66-26-47)52-37(55)24-50-42(39)59/h10-15,20-21,23,34,39H,16-19,22,24-26H2,1-9H3,(H,48,60)(H,49,61)(H,50,59)(H,51,57)(H,52,55)(H,53,58). The minimum absolute atomic E-state index is 0.00870. The fraction of sp³-hybridized carbons (Fsp3) is 0.457. The topological polar surface area (TPSA) is 232 Å². The number of likely N-dealkylation sites (N-methyl/N-ethyl adjacent to an activating group) is 1. The number of fused-ring (bicyclic) bond motifs is 5. The maximum Gasteiger partial charge on any atom is 0.407 e. The van der Waals surface area contributed by atoms with Gasteiger partial charge in [-0.2, -0.15) is 0 Å². The molecule has 3 aromatic carbocycles. The quantitative estimate of drug-likeness (QED) is 0.0684. The molecular formula is C46H60ClN7O11S. The number of hydrogen-bond acceptors (Lipinski definition) is 12. The number of carbonyl (C=O) groups excluding carboxylic acids is 7. The summed E-state index contributed by atoms with van der Waals surface area (Å²) in [6.07, 6.45) is -1.29. The Balaban J connectivity index is 1.81. The number of carbonyl (C=O) groups is 7. The molecule has 2 unspecified atom stereocenters. The Labute approximate surface area is 394 Å². The van der Waals surface area contributed by atoms with E-state index in [0.29, 0.717) is 28.0 Å². The van der Waals surface area contributed by atoms with Crippen molar-refractivity contribution in [2.24, 2.45) is 0 Å². The van der Waals surface area contributed by atoms with Gasteiger partial charge in [-0.15, -0.1) is 11.6 Å². The summed E-state index contributed by atoms with van der Waals surface area (Å²) in [4.78, 5) is 94.2. The van der Waals surface area contributed by atoms with Gasteiger partial charge >= 0.3 is 12.2 Å². The van der Waals surface area contributed by atoms with Crippen LogP contribution in [0.2, 0.25) is 0 Å². The summed E-state index contributed by atoms with van der Waals surface area (Å²) in [6, 6.07) is 12.7. The highest BCUT2D eigenvalue weighted by Gasteiger charge is 2.32. The lowest BCUT2D eigenvalue weighted by Gasteiger charge is -2.29. The normalized spacial score (nSPS) is 15.1. The van der Waals surface area contributed by atoms with Crippen molar-refractivity contribution in [1.29, 1.82) is 0 Å². The fourth-order valence-corrected chi connectivity index (χ4v) is 7.12. The maximum absolute atomic E-state index is 14.3. The Morgan fingerprint density at radius 1 is 0.803 bits per heavy atom. The van der Waals surface area contributed by atoms with Crippen molar-refractivity contribution in [1.82, 2.24) is 36.2 Å². The fourth-order valence-electron chi connectivity index (χ4n) is 6.61. The van der Waals surface area contributed by atoms with Crippen LogP contribution in [0.4, 0.5) is 9.59 Å². The van der Waals surface area contributed by atoms with E-state index in [4.69, 9.17) is 30.5 Å². The molecular weight excluding hydrogens is 894 g/mol. The average Bonchev–Trinajstić information content (AvgIpc) is 3.23. The first kappa shape index (κ1) is 52.4. The molecule has 0 spiro atoms. The minimum Gasteiger partial charge on any atom is -0.491 e. The van der Waals surface area contributed by atoms with E-state index in [1.807, 2.05) is 13.0 Å². The van der Waals surface area contributed by atoms with E-state index in [0.717, 1.165) is 28.0 Å². The molecule has 4 bridgehead atoms. The summed E-state index contributed by atoms with van der Waals surface area (Å²) >= 11 is 6.75. The van der Waals surface area contributed by atoms with Crippen molar-refractivity contribution in [2.75, 3.05) is 51.7 Å². The van der Waals surface area contributed by atoms with Gasteiger partial charge < -0.3 is 50.4 Å². The van der Waals surface area contributed by atoms with Crippen molar-refractivity contribution in [3.63, 3.8) is 0 Å². The molecule has 0 aliphatic carbocycles. The number of halogens is 1. The second kappa shape index (κ2) is 23.8. The largest absolute Gasteiger partial charge is 0.491 e. The second-order valence-corrected chi connectivity index (χ2v) is 18.7. The Kier molecular flexibility index (Phi) is 18.9. The van der Waals surface area contributed by atoms with Crippen LogP contribution in [0.5, 0.6) is 11.5 Å². The highest BCUT2D eigenvalue weighted by molar-refractivity contribution is 7.99. The molecule has 66 heavy (non-hydrogen) atoms. The van der Waals surface area contributed by atoms with Crippen LogP contribution in [0.25, 0.3) is 11.1 Å². The molecule has 1 heterocycles. The molecule has 0 radical (unpaired) electrons. The predicted octanol–water partition coefficient (Wildman–Crippen LogP) is 4.82. The molecule has 20 heteroatoms. The molecule has 6 N–H and O–H groups in total. The number of alkyl halides is 1. The molecule has 0 aromatic heterocycles. The van der Waals surface area contributed by atoms with E-state index >= 15 is 0 Å². The summed E-state index contributed by atoms with van der Waals surface area (Å²) in [7, 11) is 1.40. The number of hydrogen-bond donors (Lipinski definition) is 6. The first-order chi connectivity index (χ1) is 31.0. The smallest absolute Gasteiger partial charge is 0.407 e. The SMILES string of the molecule is Cc1ccc(C(=O)NCC(=O)N(C)C2C(=O)NCC(=O)NC(C(=O)NSCCl)Cc3ccc(OCCNC(=O)OC(C)(C)C)c(c3)-c3cc2ccc3OCCNC(=O)OC(C)(C)C)c(C)c1. The summed E-state index contributed by atoms with van der Waals surface area (Å²) in [5.74, 6) is -2.54. The third-order valence-corrected chi connectivity index (χ3v) is 10.3. The number of amides is 7. The summed E-state index contributed by atoms with van der Waals surface area (Å²) in [6.45, 7) is 13.1. The Hall–Kier alpha value is -6.21. The lowest BCUT2D eigenvalue weighted by Crippen LogP contribution is -2.51. The Morgan fingerprint density at radius 2 is 1.39 bits per heavy atom. The third kappa shape index (κ3) is 16.3. The van der Waals surface area contributed by atoms with Gasteiger partial charge in [0.1, 0.15) is 48.0 Å². The van der Waals surface area contributed by atoms with Gasteiger partial charge in [-0.25, -0.2) is 9.59 Å². The molecule has 358 valence electrons. The zero-order chi connectivity index (χ0) is 48.8. The molecule has 0 fully saturated rings. The molecule has 0 saturated heterocycles. The molecule has 1 aliphatic heterocycles. The number of ether oxygens (including phenoxy) is 4. The Morgan fingerprint density at radius 3 is 1.97 bits per heavy atom. The summed E-state index contributed by atoms with van der Waals surface area (Å²) in [5, 5.41) is 13.3. The highest BCUT2D eigenvalue weighted by atomic mass is 35.5. The van der Waals surface area contributed by atoms with Crippen LogP contribution in [0.15, 0.2) is 54.6 Å². The van der Waals surface area contributed by atoms with Gasteiger partial charge in [-0.3, -0.25) is 28.7 Å². The van der Waals surface area contributed by atoms with Gasteiger partial charge in [0, 0.05) is 30.2 Å². The summed E-state index contributed by atoms with van der Waals surface area (Å²) < 4.78 is 25.8. The van der Waals surface area contributed by atoms with E-state index in [2.05, 4.69) is 31.3 Å². The highest BCUT2D eigenvalue weighted by Crippen LogP contribution is 2.40. The molecule has 18 nitrogen and oxygen atoms in total. The van der Waals surface area contributed by atoms with Crippen LogP contribution in [-0.4, -0.2) is 116 Å². The van der Waals surface area contributed by atoms with Gasteiger partial charge in [-0.1, -0.05) is 29.8 Å². The van der Waals surface area contributed by atoms with Crippen LogP contribution in [0.1, 0.15) is 80.2 Å². The van der Waals surface area contributed by atoms with E-state index in [9.17, 15) is 33.6 Å². The van der Waals surface area contributed by atoms with Gasteiger partial charge in [0.25, 0.3) is 11.8 Å². The van der Waals surface area contributed by atoms with Gasteiger partial charge in [-0.05, 0) is 114 Å². The minimum atomic E-state index is -1.38. The number of nitrogens with one attached hydrogen (secondary N) is 6. The molecule has 4 rings (SSSR count). The average molecular weight is 955 g/mol. The van der Waals surface area contributed by atoms with Gasteiger partial charge in [0.2, 0.25) is 17.7 Å². The van der Waals surface area contributed by atoms with Crippen molar-refractivity contribution in [2.45, 2.75) is 85.1 Å². The van der Waals surface area contributed by atoms with Crippen LogP contribution >= 0.6 is 23.5 Å². The zero-order valence-corrected chi connectivity index (χ0v) is 40.3. The van der Waals surface area contributed by atoms with Crippen molar-refractivity contribution >= 4 is 65.3 Å². The zero-order valence-electron chi connectivity index (χ0n) is 38.7. The monoisotopic (exact) mass is 953 g/mol. The van der Waals surface area contributed by atoms with Crippen molar-refractivity contribution < 1.29 is 52.5 Å². The molecule has 0 saturated carbocycles. The number of alkyl carbamates (subject to hydrolysis) is 2. The van der Waals surface area contributed by atoms with Crippen LogP contribution < -0.4 is 40.8 Å². The van der Waals surface area contributed by atoms with E-state index in [-0.39, 0.29) is 49.2 Å². The molecule has 2 atom stereocenters. The lowest BCUT2D eigenvalue weighted by molar-refractivity contribution is -0.139. The number of aryl methyl sites for hydroxylation is 2. The van der Waals surface area contributed by atoms with Crippen LogP contribution in [0, 0.1) is 13.8 Å². The van der Waals surface area contributed by atoms with Crippen molar-refractivity contribution in [3.05, 3.63) is 82.4 Å². The van der Waals surface area contributed by atoms with Crippen molar-refractivity contribution in [3.8, 4) is 22.6 Å². The predicted molar refractivity (Wildman–Crippen MR) is 250 cm³/mol. The summed E-state index contributed by atoms with van der Waals surface area (Å²) in [5.41, 5.74) is 2.26. The lowest BCUT2D eigenvalue weighted by atomic mass is 9.94. The number of nitrogens with zero attached hydrogens (tertiary/aromatic N) is 1. The first-order valence-electron chi connectivity index (χ1n) is 21.2. The number of rotatable bonds is 15. The van der Waals surface area contributed by atoms with Gasteiger partial charge in [0.05, 0.1) is 31.4 Å². The van der Waals surface area contributed by atoms with E-state index < -0.39 is 78.1 Å². The maximum atomic E-state index is 14.3. The first-order valence-corrected chi connectivity index (χ1v) is 22.7. The Bertz CT molecular complexity index is 2260. The number of benzene rings is 3. The van der Waals surface area contributed by atoms with Crippen LogP contribution in [-0.2, 0) is 35.1 Å². The third-order valence-electron chi connectivity index (χ3n) is 9.51. The second-order valence-electron chi connectivity index (χ2n) is 17.3. The van der Waals surface area contributed by atoms with Crippen LogP contribution in [0.3, 0.4) is 0 Å². The van der Waals surface area contributed by atoms with Gasteiger partial charge in [0.15, 0.2) is 0 Å². The van der Waals surface area contributed by atoms with E-state index in [1.165, 1.54) is 7.05 Å². The van der Waals surface area contributed by atoms with E-state index in [1.54, 1.807) is 97.0 Å². The molecule has 1 aliphatic rings.